The Morgan fingerprint density at radius 1 is 1.24 bits per heavy atom. The van der Waals surface area contributed by atoms with Gasteiger partial charge in [0, 0.05) is 18.5 Å². The molecule has 1 aromatic rings. The zero-order valence-electron chi connectivity index (χ0n) is 12.7. The van der Waals surface area contributed by atoms with Crippen LogP contribution < -0.4 is 0 Å². The zero-order chi connectivity index (χ0) is 15.1. The second-order valence-corrected chi connectivity index (χ2v) is 8.48. The van der Waals surface area contributed by atoms with Crippen LogP contribution in [-0.4, -0.2) is 25.8 Å². The number of sulfonamides is 1. The number of nitrogens with zero attached hydrogens (tertiary/aromatic N) is 1. The van der Waals surface area contributed by atoms with Crippen LogP contribution in [0.15, 0.2) is 41.3 Å². The van der Waals surface area contributed by atoms with E-state index in [1.54, 1.807) is 16.4 Å². The summed E-state index contributed by atoms with van der Waals surface area (Å²) in [6, 6.07) is 7.17. The summed E-state index contributed by atoms with van der Waals surface area (Å²) in [6.45, 7) is 5.40. The van der Waals surface area contributed by atoms with Crippen molar-refractivity contribution in [2.75, 3.05) is 13.1 Å². The predicted molar refractivity (Wildman–Crippen MR) is 84.5 cm³/mol. The van der Waals surface area contributed by atoms with Gasteiger partial charge in [0.05, 0.1) is 4.90 Å². The van der Waals surface area contributed by atoms with Crippen LogP contribution in [0, 0.1) is 18.3 Å². The van der Waals surface area contributed by atoms with Crippen LogP contribution in [0.2, 0.25) is 0 Å². The van der Waals surface area contributed by atoms with Gasteiger partial charge < -0.3 is 0 Å². The molecule has 1 spiro atoms. The van der Waals surface area contributed by atoms with E-state index in [0.29, 0.717) is 23.9 Å². The molecule has 3 nitrogen and oxygen atoms in total. The van der Waals surface area contributed by atoms with Crippen molar-refractivity contribution >= 4 is 10.0 Å². The van der Waals surface area contributed by atoms with Crippen molar-refractivity contribution < 1.29 is 8.42 Å². The van der Waals surface area contributed by atoms with E-state index >= 15 is 0 Å². The second kappa shape index (κ2) is 5.25. The molecule has 1 aliphatic carbocycles. The fraction of sp³-hybridized carbons (Fsp3) is 0.529. The maximum absolute atomic E-state index is 12.8. The molecule has 4 heteroatoms. The lowest BCUT2D eigenvalue weighted by Crippen LogP contribution is -2.32. The minimum atomic E-state index is -3.36. The average Bonchev–Trinajstić information content (AvgIpc) is 2.78. The molecule has 0 unspecified atom stereocenters. The summed E-state index contributed by atoms with van der Waals surface area (Å²) < 4.78 is 27.3. The molecule has 0 N–H and O–H groups in total. The van der Waals surface area contributed by atoms with E-state index in [4.69, 9.17) is 0 Å². The number of allylic oxidation sites excluding steroid dienone is 1. The summed E-state index contributed by atoms with van der Waals surface area (Å²) in [4.78, 5) is 0.414. The van der Waals surface area contributed by atoms with Crippen LogP contribution in [0.25, 0.3) is 0 Å². The molecule has 1 heterocycles. The Hall–Kier alpha value is -1.13. The predicted octanol–water partition coefficient (Wildman–Crippen LogP) is 3.36. The minimum absolute atomic E-state index is 0.0516. The first-order chi connectivity index (χ1) is 9.94. The molecule has 0 radical (unpaired) electrons. The highest BCUT2D eigenvalue weighted by Crippen LogP contribution is 2.45. The Bertz CT molecular complexity index is 648. The number of aryl methyl sites for hydroxylation is 1. The van der Waals surface area contributed by atoms with E-state index in [1.807, 2.05) is 19.1 Å². The third kappa shape index (κ3) is 2.55. The van der Waals surface area contributed by atoms with Crippen molar-refractivity contribution in [1.29, 1.82) is 0 Å². The van der Waals surface area contributed by atoms with Crippen LogP contribution >= 0.6 is 0 Å². The standard InChI is InChI=1S/C17H23NO2S/c1-14-6-8-16(9-7-14)21(19,20)18-12-15(2)17(13-18)10-4-3-5-11-17/h4,6-10,15H,3,5,11-13H2,1-2H3/t15-,17-/m1/s1. The minimum Gasteiger partial charge on any atom is -0.207 e. The van der Waals surface area contributed by atoms with Gasteiger partial charge in [-0.15, -0.1) is 0 Å². The van der Waals surface area contributed by atoms with Gasteiger partial charge in [-0.05, 0) is 44.2 Å². The monoisotopic (exact) mass is 305 g/mol. The maximum Gasteiger partial charge on any atom is 0.243 e. The van der Waals surface area contributed by atoms with Gasteiger partial charge >= 0.3 is 0 Å². The molecule has 2 atom stereocenters. The smallest absolute Gasteiger partial charge is 0.207 e. The molecule has 1 saturated heterocycles. The van der Waals surface area contributed by atoms with Crippen LogP contribution in [0.1, 0.15) is 31.7 Å². The highest BCUT2D eigenvalue weighted by molar-refractivity contribution is 7.89. The number of benzene rings is 1. The molecule has 21 heavy (non-hydrogen) atoms. The summed E-state index contributed by atoms with van der Waals surface area (Å²) >= 11 is 0. The van der Waals surface area contributed by atoms with E-state index in [0.717, 1.165) is 18.4 Å². The van der Waals surface area contributed by atoms with E-state index in [2.05, 4.69) is 19.1 Å². The van der Waals surface area contributed by atoms with Gasteiger partial charge in [-0.2, -0.15) is 4.31 Å². The average molecular weight is 305 g/mol. The van der Waals surface area contributed by atoms with Crippen LogP contribution in [-0.2, 0) is 10.0 Å². The first kappa shape index (κ1) is 14.8. The SMILES string of the molecule is Cc1ccc(S(=O)(=O)N2C[C@@H](C)[C@@]3(C=CCCC3)C2)cc1. The van der Waals surface area contributed by atoms with Gasteiger partial charge in [0.1, 0.15) is 0 Å². The van der Waals surface area contributed by atoms with Gasteiger partial charge in [-0.25, -0.2) is 8.42 Å². The summed E-state index contributed by atoms with van der Waals surface area (Å²) in [7, 11) is -3.36. The maximum atomic E-state index is 12.8. The quantitative estimate of drug-likeness (QED) is 0.786. The molecule has 1 aromatic carbocycles. The molecular formula is C17H23NO2S. The van der Waals surface area contributed by atoms with Crippen LogP contribution in [0.5, 0.6) is 0 Å². The van der Waals surface area contributed by atoms with Crippen molar-refractivity contribution in [2.24, 2.45) is 11.3 Å². The topological polar surface area (TPSA) is 37.4 Å². The highest BCUT2D eigenvalue weighted by atomic mass is 32.2. The van der Waals surface area contributed by atoms with E-state index in [9.17, 15) is 8.42 Å². The van der Waals surface area contributed by atoms with Crippen LogP contribution in [0.3, 0.4) is 0 Å². The number of hydrogen-bond donors (Lipinski definition) is 0. The summed E-state index contributed by atoms with van der Waals surface area (Å²) in [5, 5.41) is 0. The van der Waals surface area contributed by atoms with Gasteiger partial charge in [0.25, 0.3) is 0 Å². The lowest BCUT2D eigenvalue weighted by Gasteiger charge is -2.32. The molecule has 0 bridgehead atoms. The van der Waals surface area contributed by atoms with Crippen molar-refractivity contribution in [3.8, 4) is 0 Å². The molecule has 1 fully saturated rings. The van der Waals surface area contributed by atoms with Gasteiger partial charge in [0.2, 0.25) is 10.0 Å². The Morgan fingerprint density at radius 3 is 2.57 bits per heavy atom. The molecule has 0 aromatic heterocycles. The normalized spacial score (nSPS) is 30.1. The first-order valence-corrected chi connectivity index (χ1v) is 9.13. The summed E-state index contributed by atoms with van der Waals surface area (Å²) in [5.41, 5.74) is 1.13. The van der Waals surface area contributed by atoms with Crippen LogP contribution in [0.4, 0.5) is 0 Å². The van der Waals surface area contributed by atoms with Crippen molar-refractivity contribution in [3.05, 3.63) is 42.0 Å². The zero-order valence-corrected chi connectivity index (χ0v) is 13.6. The Kier molecular flexibility index (Phi) is 3.70. The Morgan fingerprint density at radius 2 is 1.95 bits per heavy atom. The molecule has 1 aliphatic heterocycles. The van der Waals surface area contributed by atoms with Crippen molar-refractivity contribution in [3.63, 3.8) is 0 Å². The van der Waals surface area contributed by atoms with Gasteiger partial charge in [0.15, 0.2) is 0 Å². The molecule has 114 valence electrons. The van der Waals surface area contributed by atoms with E-state index in [1.165, 1.54) is 6.42 Å². The number of hydrogen-bond acceptors (Lipinski definition) is 2. The highest BCUT2D eigenvalue weighted by Gasteiger charge is 2.46. The number of rotatable bonds is 2. The van der Waals surface area contributed by atoms with E-state index in [-0.39, 0.29) is 5.41 Å². The lowest BCUT2D eigenvalue weighted by atomic mass is 9.72. The summed E-state index contributed by atoms with van der Waals surface area (Å²) in [6.07, 6.45) is 7.89. The molecular weight excluding hydrogens is 282 g/mol. The van der Waals surface area contributed by atoms with Crippen molar-refractivity contribution in [1.82, 2.24) is 4.31 Å². The van der Waals surface area contributed by atoms with Gasteiger partial charge in [-0.1, -0.05) is 36.8 Å². The Balaban J connectivity index is 1.89. The third-order valence-electron chi connectivity index (χ3n) is 5.05. The fourth-order valence-corrected chi connectivity index (χ4v) is 5.18. The largest absolute Gasteiger partial charge is 0.243 e. The third-order valence-corrected chi connectivity index (χ3v) is 6.88. The molecule has 2 aliphatic rings. The van der Waals surface area contributed by atoms with E-state index < -0.39 is 10.0 Å². The van der Waals surface area contributed by atoms with Gasteiger partial charge in [-0.3, -0.25) is 0 Å². The molecule has 0 amide bonds. The van der Waals surface area contributed by atoms with Crippen molar-refractivity contribution in [2.45, 2.75) is 38.0 Å². The first-order valence-electron chi connectivity index (χ1n) is 7.69. The summed E-state index contributed by atoms with van der Waals surface area (Å²) in [5.74, 6) is 0.384. The lowest BCUT2D eigenvalue weighted by molar-refractivity contribution is 0.277. The fourth-order valence-electron chi connectivity index (χ4n) is 3.57. The Labute approximate surface area is 127 Å². The second-order valence-electron chi connectivity index (χ2n) is 6.54. The molecule has 0 saturated carbocycles. The molecule has 3 rings (SSSR count).